The lowest BCUT2D eigenvalue weighted by molar-refractivity contribution is -0.127. The van der Waals surface area contributed by atoms with Crippen molar-refractivity contribution < 1.29 is 22.4 Å². The van der Waals surface area contributed by atoms with E-state index in [-0.39, 0.29) is 11.8 Å². The molecule has 2 fully saturated rings. The van der Waals surface area contributed by atoms with E-state index in [0.717, 1.165) is 5.76 Å². The third-order valence-electron chi connectivity index (χ3n) is 4.50. The lowest BCUT2D eigenvalue weighted by Gasteiger charge is -2.28. The maximum Gasteiger partial charge on any atom is 0.279 e. The second-order valence-electron chi connectivity index (χ2n) is 6.22. The van der Waals surface area contributed by atoms with Gasteiger partial charge in [0.15, 0.2) is 0 Å². The van der Waals surface area contributed by atoms with Gasteiger partial charge in [-0.25, -0.2) is 0 Å². The molecule has 0 unspecified atom stereocenters. The Morgan fingerprint density at radius 3 is 2.54 bits per heavy atom. The van der Waals surface area contributed by atoms with Crippen LogP contribution in [0.1, 0.15) is 24.4 Å². The van der Waals surface area contributed by atoms with Gasteiger partial charge < -0.3 is 14.1 Å². The minimum Gasteiger partial charge on any atom is -0.466 e. The highest BCUT2D eigenvalue weighted by molar-refractivity contribution is 7.87. The van der Waals surface area contributed by atoms with Gasteiger partial charge in [0.2, 0.25) is 5.91 Å². The highest BCUT2D eigenvalue weighted by atomic mass is 32.2. The summed E-state index contributed by atoms with van der Waals surface area (Å²) in [6.07, 6.45) is 0. The van der Waals surface area contributed by atoms with Crippen LogP contribution in [-0.2, 0) is 19.7 Å². The zero-order chi connectivity index (χ0) is 17.3. The van der Waals surface area contributed by atoms with Crippen molar-refractivity contribution in [2.24, 2.45) is 0 Å². The van der Waals surface area contributed by atoms with Crippen molar-refractivity contribution in [2.75, 3.05) is 39.4 Å². The minimum absolute atomic E-state index is 0.0728. The predicted octanol–water partition coefficient (Wildman–Crippen LogP) is 0.0689. The SMILES string of the molecule is CC(=O)N1C[C@H](NS(=O)(=O)N2CCOCC2)[C@@H](c2ccc(C)o2)C1. The van der Waals surface area contributed by atoms with E-state index in [4.69, 9.17) is 9.15 Å². The molecule has 3 heterocycles. The van der Waals surface area contributed by atoms with Crippen molar-refractivity contribution in [1.82, 2.24) is 13.9 Å². The van der Waals surface area contributed by atoms with Crippen LogP contribution in [0, 0.1) is 6.92 Å². The molecule has 2 aliphatic heterocycles. The van der Waals surface area contributed by atoms with Gasteiger partial charge in [0.25, 0.3) is 10.2 Å². The van der Waals surface area contributed by atoms with Crippen LogP contribution in [0.2, 0.25) is 0 Å². The number of hydrogen-bond acceptors (Lipinski definition) is 5. The summed E-state index contributed by atoms with van der Waals surface area (Å²) in [7, 11) is -3.63. The molecule has 3 rings (SSSR count). The van der Waals surface area contributed by atoms with E-state index < -0.39 is 16.3 Å². The van der Waals surface area contributed by atoms with Gasteiger partial charge in [-0.2, -0.15) is 17.4 Å². The van der Waals surface area contributed by atoms with Crippen molar-refractivity contribution in [2.45, 2.75) is 25.8 Å². The first-order chi connectivity index (χ1) is 11.4. The maximum atomic E-state index is 12.6. The van der Waals surface area contributed by atoms with Crippen LogP contribution in [-0.4, -0.2) is 69.0 Å². The number of aryl methyl sites for hydroxylation is 1. The molecular formula is C15H23N3O5S. The molecule has 1 N–H and O–H groups in total. The Morgan fingerprint density at radius 2 is 1.96 bits per heavy atom. The highest BCUT2D eigenvalue weighted by Gasteiger charge is 2.40. The second-order valence-corrected chi connectivity index (χ2v) is 7.92. The molecule has 0 bridgehead atoms. The van der Waals surface area contributed by atoms with Crippen molar-refractivity contribution in [3.63, 3.8) is 0 Å². The van der Waals surface area contributed by atoms with Crippen LogP contribution in [0.4, 0.5) is 0 Å². The van der Waals surface area contributed by atoms with Gasteiger partial charge in [-0.3, -0.25) is 4.79 Å². The van der Waals surface area contributed by atoms with E-state index in [1.54, 1.807) is 4.90 Å². The fourth-order valence-electron chi connectivity index (χ4n) is 3.17. The zero-order valence-electron chi connectivity index (χ0n) is 13.9. The molecule has 2 atom stereocenters. The largest absolute Gasteiger partial charge is 0.466 e. The van der Waals surface area contributed by atoms with E-state index in [9.17, 15) is 13.2 Å². The zero-order valence-corrected chi connectivity index (χ0v) is 14.7. The van der Waals surface area contributed by atoms with Gasteiger partial charge in [-0.1, -0.05) is 0 Å². The molecule has 0 aliphatic carbocycles. The van der Waals surface area contributed by atoms with Crippen LogP contribution < -0.4 is 4.72 Å². The molecule has 24 heavy (non-hydrogen) atoms. The molecular weight excluding hydrogens is 334 g/mol. The molecule has 9 heteroatoms. The van der Waals surface area contributed by atoms with Gasteiger partial charge in [-0.15, -0.1) is 0 Å². The summed E-state index contributed by atoms with van der Waals surface area (Å²) in [4.78, 5) is 13.4. The summed E-state index contributed by atoms with van der Waals surface area (Å²) in [5.41, 5.74) is 0. The molecule has 0 spiro atoms. The highest BCUT2D eigenvalue weighted by Crippen LogP contribution is 2.30. The summed E-state index contributed by atoms with van der Waals surface area (Å²) >= 11 is 0. The number of furan rings is 1. The quantitative estimate of drug-likeness (QED) is 0.823. The van der Waals surface area contributed by atoms with Gasteiger partial charge in [-0.05, 0) is 19.1 Å². The summed E-state index contributed by atoms with van der Waals surface area (Å²) in [5.74, 6) is 1.20. The molecule has 1 amide bonds. The van der Waals surface area contributed by atoms with Crippen LogP contribution in [0.3, 0.4) is 0 Å². The van der Waals surface area contributed by atoms with E-state index >= 15 is 0 Å². The van der Waals surface area contributed by atoms with Gasteiger partial charge in [0.1, 0.15) is 11.5 Å². The summed E-state index contributed by atoms with van der Waals surface area (Å²) < 4.78 is 40.3. The minimum atomic E-state index is -3.63. The molecule has 1 aromatic heterocycles. The lowest BCUT2D eigenvalue weighted by Crippen LogP contribution is -2.51. The fourth-order valence-corrected chi connectivity index (χ4v) is 4.57. The normalized spacial score (nSPS) is 26.0. The average Bonchev–Trinajstić information content (AvgIpc) is 3.14. The Kier molecular flexibility index (Phi) is 4.95. The maximum absolute atomic E-state index is 12.6. The first kappa shape index (κ1) is 17.4. The number of nitrogens with zero attached hydrogens (tertiary/aromatic N) is 2. The standard InChI is InChI=1S/C15H23N3O5S/c1-11-3-4-15(23-11)13-9-17(12(2)19)10-14(13)16-24(20,21)18-5-7-22-8-6-18/h3-4,13-14,16H,5-10H2,1-2H3/t13-,14-/m0/s1. The van der Waals surface area contributed by atoms with E-state index in [0.29, 0.717) is 45.2 Å². The number of likely N-dealkylation sites (tertiary alicyclic amines) is 1. The molecule has 0 radical (unpaired) electrons. The Morgan fingerprint density at radius 1 is 1.25 bits per heavy atom. The predicted molar refractivity (Wildman–Crippen MR) is 86.7 cm³/mol. The monoisotopic (exact) mass is 357 g/mol. The summed E-state index contributed by atoms with van der Waals surface area (Å²) in [5, 5.41) is 0. The van der Waals surface area contributed by atoms with Crippen molar-refractivity contribution in [1.29, 1.82) is 0 Å². The topological polar surface area (TPSA) is 92.1 Å². The fraction of sp³-hybridized carbons (Fsp3) is 0.667. The summed E-state index contributed by atoms with van der Waals surface area (Å²) in [6.45, 7) is 5.57. The van der Waals surface area contributed by atoms with E-state index in [2.05, 4.69) is 4.72 Å². The number of carbonyl (C=O) groups excluding carboxylic acids is 1. The first-order valence-corrected chi connectivity index (χ1v) is 9.48. The molecule has 1 aromatic rings. The Hall–Kier alpha value is -1.42. The third kappa shape index (κ3) is 3.64. The second kappa shape index (κ2) is 6.83. The number of morpholine rings is 1. The van der Waals surface area contributed by atoms with E-state index in [1.807, 2.05) is 19.1 Å². The van der Waals surface area contributed by atoms with Crippen LogP contribution in [0.5, 0.6) is 0 Å². The summed E-state index contributed by atoms with van der Waals surface area (Å²) in [6, 6.07) is 3.28. The number of carbonyl (C=O) groups is 1. The molecule has 0 aromatic carbocycles. The van der Waals surface area contributed by atoms with Crippen molar-refractivity contribution in [3.8, 4) is 0 Å². The number of rotatable bonds is 4. The number of ether oxygens (including phenoxy) is 1. The van der Waals surface area contributed by atoms with E-state index in [1.165, 1.54) is 11.2 Å². The molecule has 0 saturated carbocycles. The molecule has 134 valence electrons. The smallest absolute Gasteiger partial charge is 0.279 e. The molecule has 8 nitrogen and oxygen atoms in total. The van der Waals surface area contributed by atoms with Gasteiger partial charge in [0.05, 0.1) is 25.2 Å². The Balaban J connectivity index is 1.79. The lowest BCUT2D eigenvalue weighted by atomic mass is 10.0. The first-order valence-electron chi connectivity index (χ1n) is 8.04. The average molecular weight is 357 g/mol. The molecule has 2 aliphatic rings. The van der Waals surface area contributed by atoms with Crippen LogP contribution >= 0.6 is 0 Å². The van der Waals surface area contributed by atoms with Crippen molar-refractivity contribution >= 4 is 16.1 Å². The Bertz CT molecular complexity index is 696. The van der Waals surface area contributed by atoms with Gasteiger partial charge >= 0.3 is 0 Å². The van der Waals surface area contributed by atoms with Crippen LogP contribution in [0.25, 0.3) is 0 Å². The van der Waals surface area contributed by atoms with Crippen LogP contribution in [0.15, 0.2) is 16.5 Å². The Labute approximate surface area is 141 Å². The van der Waals surface area contributed by atoms with Gasteiger partial charge in [0, 0.05) is 33.1 Å². The number of nitrogens with one attached hydrogen (secondary N) is 1. The van der Waals surface area contributed by atoms with Crippen molar-refractivity contribution in [3.05, 3.63) is 23.7 Å². The third-order valence-corrected chi connectivity index (χ3v) is 6.15. The number of hydrogen-bond donors (Lipinski definition) is 1. The molecule has 2 saturated heterocycles. The number of amides is 1.